The van der Waals surface area contributed by atoms with E-state index in [0.717, 1.165) is 22.4 Å². The molecule has 1 unspecified atom stereocenters. The summed E-state index contributed by atoms with van der Waals surface area (Å²) >= 11 is 1.52. The number of rotatable bonds is 9. The van der Waals surface area contributed by atoms with E-state index in [9.17, 15) is 9.18 Å². The molecule has 1 atom stereocenters. The van der Waals surface area contributed by atoms with Crippen molar-refractivity contribution < 1.29 is 9.18 Å². The summed E-state index contributed by atoms with van der Waals surface area (Å²) in [6.45, 7) is 8.51. The number of benzene rings is 4. The zero-order chi connectivity index (χ0) is 29.7. The van der Waals surface area contributed by atoms with E-state index in [0.29, 0.717) is 28.7 Å². The van der Waals surface area contributed by atoms with Gasteiger partial charge in [0.15, 0.2) is 11.0 Å². The first kappa shape index (κ1) is 29.3. The molecule has 5 aromatic rings. The molecule has 1 amide bonds. The Morgan fingerprint density at radius 2 is 1.52 bits per heavy atom. The standard InChI is InChI=1S/C35H35FN4OS/c1-24-10-20-30(21-11-24)40-32(38-39-34(40)42-23-26-12-18-29(36)19-13-26)31(22-25-8-6-5-7-9-25)37-33(41)27-14-16-28(17-15-27)35(2,3)4/h5-21,31H,22-23H2,1-4H3,(H,37,41). The van der Waals surface area contributed by atoms with Crippen LogP contribution in [0.25, 0.3) is 5.69 Å². The maximum absolute atomic E-state index is 13.6. The number of carbonyl (C=O) groups is 1. The molecule has 7 heteroatoms. The number of amides is 1. The highest BCUT2D eigenvalue weighted by Gasteiger charge is 2.26. The van der Waals surface area contributed by atoms with Gasteiger partial charge in [-0.3, -0.25) is 9.36 Å². The van der Waals surface area contributed by atoms with Crippen molar-refractivity contribution in [2.75, 3.05) is 0 Å². The van der Waals surface area contributed by atoms with Gasteiger partial charge in [0, 0.05) is 17.0 Å². The third-order valence-corrected chi connectivity index (χ3v) is 8.14. The Morgan fingerprint density at radius 1 is 0.857 bits per heavy atom. The van der Waals surface area contributed by atoms with E-state index in [1.165, 1.54) is 29.5 Å². The van der Waals surface area contributed by atoms with Crippen molar-refractivity contribution in [2.24, 2.45) is 0 Å². The van der Waals surface area contributed by atoms with Gasteiger partial charge in [-0.15, -0.1) is 10.2 Å². The van der Waals surface area contributed by atoms with Crippen LogP contribution < -0.4 is 5.32 Å². The van der Waals surface area contributed by atoms with Gasteiger partial charge in [0.25, 0.3) is 5.91 Å². The van der Waals surface area contributed by atoms with Crippen molar-refractivity contribution in [3.05, 3.63) is 143 Å². The summed E-state index contributed by atoms with van der Waals surface area (Å²) in [5, 5.41) is 13.2. The fraction of sp³-hybridized carbons (Fsp3) is 0.229. The first-order chi connectivity index (χ1) is 20.2. The number of hydrogen-bond acceptors (Lipinski definition) is 4. The molecule has 0 bridgehead atoms. The minimum atomic E-state index is -0.448. The molecule has 42 heavy (non-hydrogen) atoms. The largest absolute Gasteiger partial charge is 0.342 e. The minimum absolute atomic E-state index is 0.00269. The highest BCUT2D eigenvalue weighted by Crippen LogP contribution is 2.30. The quantitative estimate of drug-likeness (QED) is 0.180. The monoisotopic (exact) mass is 578 g/mol. The average molecular weight is 579 g/mol. The Balaban J connectivity index is 1.51. The number of nitrogens with one attached hydrogen (secondary N) is 1. The molecule has 0 fully saturated rings. The SMILES string of the molecule is Cc1ccc(-n2c(SCc3ccc(F)cc3)nnc2C(Cc2ccccc2)NC(=O)c2ccc(C(C)(C)C)cc2)cc1. The fourth-order valence-electron chi connectivity index (χ4n) is 4.69. The Labute approximate surface area is 251 Å². The summed E-state index contributed by atoms with van der Waals surface area (Å²) in [6.07, 6.45) is 0.541. The van der Waals surface area contributed by atoms with E-state index in [1.807, 2.05) is 78.2 Å². The first-order valence-corrected chi connectivity index (χ1v) is 15.0. The van der Waals surface area contributed by atoms with Gasteiger partial charge < -0.3 is 5.32 Å². The smallest absolute Gasteiger partial charge is 0.251 e. The summed E-state index contributed by atoms with van der Waals surface area (Å²) in [6, 6.07) is 32.1. The van der Waals surface area contributed by atoms with Crippen LogP contribution in [0, 0.1) is 12.7 Å². The molecule has 5 rings (SSSR count). The van der Waals surface area contributed by atoms with Gasteiger partial charge in [-0.25, -0.2) is 4.39 Å². The van der Waals surface area contributed by atoms with Gasteiger partial charge >= 0.3 is 0 Å². The Kier molecular flexibility index (Phi) is 8.88. The highest BCUT2D eigenvalue weighted by atomic mass is 32.2. The van der Waals surface area contributed by atoms with Crippen LogP contribution in [0.1, 0.15) is 65.2 Å². The lowest BCUT2D eigenvalue weighted by Crippen LogP contribution is -2.32. The normalized spacial score (nSPS) is 12.2. The van der Waals surface area contributed by atoms with Crippen LogP contribution in [0.3, 0.4) is 0 Å². The highest BCUT2D eigenvalue weighted by molar-refractivity contribution is 7.98. The molecular formula is C35H35FN4OS. The van der Waals surface area contributed by atoms with Gasteiger partial charge in [-0.1, -0.05) is 105 Å². The Morgan fingerprint density at radius 3 is 2.17 bits per heavy atom. The lowest BCUT2D eigenvalue weighted by molar-refractivity contribution is 0.0934. The van der Waals surface area contributed by atoms with Crippen LogP contribution in [0.5, 0.6) is 0 Å². The van der Waals surface area contributed by atoms with Crippen LogP contribution in [0.4, 0.5) is 4.39 Å². The maximum Gasteiger partial charge on any atom is 0.251 e. The Hall–Kier alpha value is -4.23. The second kappa shape index (κ2) is 12.7. The van der Waals surface area contributed by atoms with E-state index in [-0.39, 0.29) is 17.1 Å². The molecule has 4 aromatic carbocycles. The summed E-state index contributed by atoms with van der Waals surface area (Å²) in [7, 11) is 0. The van der Waals surface area contributed by atoms with E-state index >= 15 is 0 Å². The van der Waals surface area contributed by atoms with Crippen LogP contribution in [-0.2, 0) is 17.6 Å². The molecular weight excluding hydrogens is 543 g/mol. The van der Waals surface area contributed by atoms with Crippen LogP contribution in [-0.4, -0.2) is 20.7 Å². The van der Waals surface area contributed by atoms with E-state index in [2.05, 4.69) is 48.4 Å². The van der Waals surface area contributed by atoms with E-state index < -0.39 is 6.04 Å². The number of hydrogen-bond donors (Lipinski definition) is 1. The van der Waals surface area contributed by atoms with Crippen molar-refractivity contribution in [2.45, 2.75) is 56.5 Å². The molecule has 0 aliphatic rings. The molecule has 1 aromatic heterocycles. The molecule has 1 N–H and O–H groups in total. The van der Waals surface area contributed by atoms with Gasteiger partial charge in [-0.05, 0) is 71.8 Å². The molecule has 5 nitrogen and oxygen atoms in total. The average Bonchev–Trinajstić information content (AvgIpc) is 3.41. The zero-order valence-electron chi connectivity index (χ0n) is 24.3. The Bertz CT molecular complexity index is 1620. The predicted octanol–water partition coefficient (Wildman–Crippen LogP) is 8.02. The second-order valence-corrected chi connectivity index (χ2v) is 12.4. The molecule has 214 valence electrons. The van der Waals surface area contributed by atoms with E-state index in [4.69, 9.17) is 0 Å². The number of aromatic nitrogens is 3. The van der Waals surface area contributed by atoms with Gasteiger partial charge in [0.05, 0.1) is 6.04 Å². The zero-order valence-corrected chi connectivity index (χ0v) is 25.2. The van der Waals surface area contributed by atoms with Crippen molar-refractivity contribution >= 4 is 17.7 Å². The molecule has 0 aliphatic carbocycles. The summed E-state index contributed by atoms with van der Waals surface area (Å²) in [5.74, 6) is 0.806. The van der Waals surface area contributed by atoms with Crippen LogP contribution in [0.15, 0.2) is 108 Å². The number of aryl methyl sites for hydroxylation is 1. The molecule has 0 saturated carbocycles. The lowest BCUT2D eigenvalue weighted by atomic mass is 9.86. The number of carbonyl (C=O) groups excluding carboxylic acids is 1. The van der Waals surface area contributed by atoms with E-state index in [1.54, 1.807) is 12.1 Å². The second-order valence-electron chi connectivity index (χ2n) is 11.5. The number of halogens is 1. The molecule has 0 radical (unpaired) electrons. The summed E-state index contributed by atoms with van der Waals surface area (Å²) in [4.78, 5) is 13.6. The third-order valence-electron chi connectivity index (χ3n) is 7.14. The van der Waals surface area contributed by atoms with Crippen LogP contribution >= 0.6 is 11.8 Å². The van der Waals surface area contributed by atoms with Crippen molar-refractivity contribution in [1.82, 2.24) is 20.1 Å². The van der Waals surface area contributed by atoms with Crippen LogP contribution in [0.2, 0.25) is 0 Å². The summed E-state index contributed by atoms with van der Waals surface area (Å²) < 4.78 is 15.5. The topological polar surface area (TPSA) is 59.8 Å². The lowest BCUT2D eigenvalue weighted by Gasteiger charge is -2.21. The van der Waals surface area contributed by atoms with Crippen molar-refractivity contribution in [1.29, 1.82) is 0 Å². The van der Waals surface area contributed by atoms with Gasteiger partial charge in [0.1, 0.15) is 5.82 Å². The van der Waals surface area contributed by atoms with Gasteiger partial charge in [0.2, 0.25) is 0 Å². The van der Waals surface area contributed by atoms with Crippen molar-refractivity contribution in [3.63, 3.8) is 0 Å². The summed E-state index contributed by atoms with van der Waals surface area (Å²) in [5.41, 5.74) is 5.86. The third kappa shape index (κ3) is 7.15. The first-order valence-electron chi connectivity index (χ1n) is 14.0. The number of thioether (sulfide) groups is 1. The molecule has 0 saturated heterocycles. The predicted molar refractivity (Wildman–Crippen MR) is 168 cm³/mol. The maximum atomic E-state index is 13.6. The molecule has 1 heterocycles. The minimum Gasteiger partial charge on any atom is -0.342 e. The number of nitrogens with zero attached hydrogens (tertiary/aromatic N) is 3. The molecule has 0 spiro atoms. The van der Waals surface area contributed by atoms with Crippen molar-refractivity contribution in [3.8, 4) is 5.69 Å². The van der Waals surface area contributed by atoms with Gasteiger partial charge in [-0.2, -0.15) is 0 Å². The fourth-order valence-corrected chi connectivity index (χ4v) is 5.60. The molecule has 0 aliphatic heterocycles.